The Bertz CT molecular complexity index is 1120. The zero-order valence-corrected chi connectivity index (χ0v) is 17.6. The number of hydrogen-bond acceptors (Lipinski definition) is 5. The predicted molar refractivity (Wildman–Crippen MR) is 115 cm³/mol. The Morgan fingerprint density at radius 1 is 1.06 bits per heavy atom. The lowest BCUT2D eigenvalue weighted by molar-refractivity contribution is -0.130. The predicted octanol–water partition coefficient (Wildman–Crippen LogP) is 3.55. The van der Waals surface area contributed by atoms with Gasteiger partial charge in [-0.1, -0.05) is 35.9 Å². The molecular weight excluding hydrogens is 418 g/mol. The molecule has 2 aromatic carbocycles. The van der Waals surface area contributed by atoms with Crippen molar-refractivity contribution in [3.05, 3.63) is 77.3 Å². The highest BCUT2D eigenvalue weighted by molar-refractivity contribution is 6.43. The van der Waals surface area contributed by atoms with Crippen LogP contribution in [-0.2, 0) is 4.79 Å². The second-order valence-electron chi connectivity index (χ2n) is 7.35. The number of carbonyl (C=O) groups excluding carboxylic acids is 3. The number of ketones is 1. The van der Waals surface area contributed by atoms with Gasteiger partial charge in [-0.05, 0) is 31.2 Å². The summed E-state index contributed by atoms with van der Waals surface area (Å²) in [6.07, 6.45) is 2.81. The minimum Gasteiger partial charge on any atom is -0.443 e. The quantitative estimate of drug-likeness (QED) is 0.460. The molecule has 0 N–H and O–H groups in total. The first kappa shape index (κ1) is 20.8. The van der Waals surface area contributed by atoms with Gasteiger partial charge in [0.05, 0.1) is 11.2 Å². The summed E-state index contributed by atoms with van der Waals surface area (Å²) in [5, 5.41) is 0.293. The Kier molecular flexibility index (Phi) is 5.86. The van der Waals surface area contributed by atoms with E-state index in [2.05, 4.69) is 4.98 Å². The third-order valence-corrected chi connectivity index (χ3v) is 5.63. The maximum atomic E-state index is 12.9. The highest BCUT2D eigenvalue weighted by Crippen LogP contribution is 2.29. The minimum atomic E-state index is -0.638. The molecule has 1 fully saturated rings. The molecule has 1 atom stereocenters. The van der Waals surface area contributed by atoms with E-state index in [0.29, 0.717) is 35.0 Å². The van der Waals surface area contributed by atoms with Crippen molar-refractivity contribution in [2.24, 2.45) is 0 Å². The van der Waals surface area contributed by atoms with Crippen molar-refractivity contribution in [2.45, 2.75) is 13.0 Å². The second kappa shape index (κ2) is 8.73. The van der Waals surface area contributed by atoms with Gasteiger partial charge in [0.1, 0.15) is 0 Å². The van der Waals surface area contributed by atoms with Gasteiger partial charge in [0.2, 0.25) is 5.78 Å². The van der Waals surface area contributed by atoms with Gasteiger partial charge in [0.15, 0.2) is 12.2 Å². The highest BCUT2D eigenvalue weighted by Gasteiger charge is 2.33. The number of carbonyl (C=O) groups is 3. The zero-order chi connectivity index (χ0) is 22.0. The van der Waals surface area contributed by atoms with E-state index in [0.717, 1.165) is 0 Å². The van der Waals surface area contributed by atoms with E-state index in [-0.39, 0.29) is 24.1 Å². The Morgan fingerprint density at radius 3 is 2.48 bits per heavy atom. The first-order valence-electron chi connectivity index (χ1n) is 9.83. The summed E-state index contributed by atoms with van der Waals surface area (Å²) in [7, 11) is 0. The number of Topliss-reactive ketones (excluding diaryl/α,β-unsaturated/α-hetero) is 1. The Morgan fingerprint density at radius 2 is 1.84 bits per heavy atom. The van der Waals surface area contributed by atoms with Crippen molar-refractivity contribution in [3.63, 3.8) is 0 Å². The molecule has 31 heavy (non-hydrogen) atoms. The monoisotopic (exact) mass is 437 g/mol. The Labute approximate surface area is 184 Å². The average Bonchev–Trinajstić information content (AvgIpc) is 3.32. The van der Waals surface area contributed by atoms with Crippen LogP contribution < -0.4 is 0 Å². The van der Waals surface area contributed by atoms with Crippen molar-refractivity contribution < 1.29 is 18.8 Å². The fourth-order valence-electron chi connectivity index (χ4n) is 3.67. The van der Waals surface area contributed by atoms with E-state index >= 15 is 0 Å². The summed E-state index contributed by atoms with van der Waals surface area (Å²) >= 11 is 6.29. The molecule has 2 amide bonds. The standard InChI is InChI=1S/C23H20ClN3O4/c1-15-13-26(22(29)16-5-3-2-4-6-16)9-10-27(15)23(30)21(28)17-7-8-18(19(24)11-17)20-12-25-14-31-20/h2-8,11-12,14-15H,9-10,13H2,1H3/t15-/m1/s1. The van der Waals surface area contributed by atoms with Gasteiger partial charge >= 0.3 is 0 Å². The molecule has 2 heterocycles. The van der Waals surface area contributed by atoms with E-state index < -0.39 is 11.7 Å². The first-order chi connectivity index (χ1) is 15.0. The number of rotatable bonds is 4. The molecule has 7 nitrogen and oxygen atoms in total. The van der Waals surface area contributed by atoms with Gasteiger partial charge in [0.25, 0.3) is 11.8 Å². The molecule has 1 aliphatic heterocycles. The molecule has 0 unspecified atom stereocenters. The van der Waals surface area contributed by atoms with Crippen molar-refractivity contribution in [1.29, 1.82) is 0 Å². The molecule has 1 aromatic heterocycles. The van der Waals surface area contributed by atoms with E-state index in [4.69, 9.17) is 16.0 Å². The largest absolute Gasteiger partial charge is 0.443 e. The normalized spacial score (nSPS) is 16.3. The van der Waals surface area contributed by atoms with Crippen molar-refractivity contribution >= 4 is 29.2 Å². The smallest absolute Gasteiger partial charge is 0.295 e. The molecule has 1 aliphatic rings. The molecule has 3 aromatic rings. The van der Waals surface area contributed by atoms with Crippen LogP contribution in [0.15, 0.2) is 65.5 Å². The third-order valence-electron chi connectivity index (χ3n) is 5.32. The number of nitrogens with zero attached hydrogens (tertiary/aromatic N) is 3. The minimum absolute atomic E-state index is 0.0827. The second-order valence-corrected chi connectivity index (χ2v) is 7.76. The van der Waals surface area contributed by atoms with Gasteiger partial charge in [0, 0.05) is 42.4 Å². The lowest BCUT2D eigenvalue weighted by Crippen LogP contribution is -2.56. The molecule has 4 rings (SSSR count). The number of piperazine rings is 1. The molecule has 0 bridgehead atoms. The van der Waals surface area contributed by atoms with Crippen molar-refractivity contribution in [1.82, 2.24) is 14.8 Å². The maximum absolute atomic E-state index is 12.9. The van der Waals surface area contributed by atoms with Gasteiger partial charge < -0.3 is 14.2 Å². The fraction of sp³-hybridized carbons (Fsp3) is 0.217. The summed E-state index contributed by atoms with van der Waals surface area (Å²) in [4.78, 5) is 45.4. The van der Waals surface area contributed by atoms with Crippen LogP contribution in [0.4, 0.5) is 0 Å². The van der Waals surface area contributed by atoms with E-state index in [1.165, 1.54) is 23.6 Å². The van der Waals surface area contributed by atoms with Gasteiger partial charge in [-0.3, -0.25) is 14.4 Å². The average molecular weight is 438 g/mol. The van der Waals surface area contributed by atoms with Crippen LogP contribution in [-0.4, -0.2) is 58.1 Å². The molecule has 158 valence electrons. The number of oxazole rings is 1. The third kappa shape index (κ3) is 4.22. The fourth-order valence-corrected chi connectivity index (χ4v) is 3.94. The van der Waals surface area contributed by atoms with Crippen LogP contribution in [0.1, 0.15) is 27.6 Å². The molecule has 0 spiro atoms. The lowest BCUT2D eigenvalue weighted by Gasteiger charge is -2.39. The van der Waals surface area contributed by atoms with Crippen LogP contribution in [0.2, 0.25) is 5.02 Å². The van der Waals surface area contributed by atoms with Gasteiger partial charge in [-0.15, -0.1) is 0 Å². The van der Waals surface area contributed by atoms with Gasteiger partial charge in [-0.25, -0.2) is 4.98 Å². The summed E-state index contributed by atoms with van der Waals surface area (Å²) in [6, 6.07) is 13.3. The van der Waals surface area contributed by atoms with Crippen LogP contribution in [0.3, 0.4) is 0 Å². The molecule has 8 heteroatoms. The Balaban J connectivity index is 1.44. The maximum Gasteiger partial charge on any atom is 0.295 e. The summed E-state index contributed by atoms with van der Waals surface area (Å²) < 4.78 is 5.23. The number of hydrogen-bond donors (Lipinski definition) is 0. The van der Waals surface area contributed by atoms with Crippen LogP contribution in [0, 0.1) is 0 Å². The van der Waals surface area contributed by atoms with Gasteiger partial charge in [-0.2, -0.15) is 0 Å². The first-order valence-corrected chi connectivity index (χ1v) is 10.2. The molecule has 0 saturated carbocycles. The van der Waals surface area contributed by atoms with E-state index in [1.807, 2.05) is 25.1 Å². The summed E-state index contributed by atoms with van der Waals surface area (Å²) in [5.74, 6) is -0.854. The molecule has 0 radical (unpaired) electrons. The van der Waals surface area contributed by atoms with E-state index in [9.17, 15) is 14.4 Å². The Hall–Kier alpha value is -3.45. The summed E-state index contributed by atoms with van der Waals surface area (Å²) in [5.41, 5.74) is 1.39. The van der Waals surface area contributed by atoms with Crippen molar-refractivity contribution in [3.8, 4) is 11.3 Å². The van der Waals surface area contributed by atoms with Crippen LogP contribution in [0.5, 0.6) is 0 Å². The SMILES string of the molecule is C[C@@H]1CN(C(=O)c2ccccc2)CCN1C(=O)C(=O)c1ccc(-c2cnco2)c(Cl)c1. The van der Waals surface area contributed by atoms with Crippen LogP contribution in [0.25, 0.3) is 11.3 Å². The van der Waals surface area contributed by atoms with E-state index in [1.54, 1.807) is 29.2 Å². The topological polar surface area (TPSA) is 83.7 Å². The zero-order valence-electron chi connectivity index (χ0n) is 16.8. The number of benzene rings is 2. The van der Waals surface area contributed by atoms with Crippen LogP contribution >= 0.6 is 11.6 Å². The summed E-state index contributed by atoms with van der Waals surface area (Å²) in [6.45, 7) is 2.84. The number of aromatic nitrogens is 1. The lowest BCUT2D eigenvalue weighted by atomic mass is 10.0. The molecule has 0 aliphatic carbocycles. The number of amides is 2. The van der Waals surface area contributed by atoms with Crippen molar-refractivity contribution in [2.75, 3.05) is 19.6 Å². The highest BCUT2D eigenvalue weighted by atomic mass is 35.5. The number of halogens is 1. The molecular formula is C23H20ClN3O4. The molecule has 1 saturated heterocycles.